The van der Waals surface area contributed by atoms with Gasteiger partial charge in [-0.1, -0.05) is 6.07 Å². The van der Waals surface area contributed by atoms with Gasteiger partial charge in [0, 0.05) is 36.2 Å². The number of aromatic amines is 1. The molecule has 2 aliphatic rings. The van der Waals surface area contributed by atoms with Crippen LogP contribution in [0, 0.1) is 13.8 Å². The molecule has 4 heterocycles. The molecule has 0 radical (unpaired) electrons. The molecule has 2 fully saturated rings. The van der Waals surface area contributed by atoms with Gasteiger partial charge in [0.1, 0.15) is 6.04 Å². The SMILES string of the molecule is Cc1cc(C)c2cc([C@H](c3nnnn3C[C@H]3CCCO3)N3CCOCC3)c(=O)[nH]c2c1. The van der Waals surface area contributed by atoms with E-state index in [1.54, 1.807) is 0 Å². The molecule has 0 spiro atoms. The fourth-order valence-electron chi connectivity index (χ4n) is 4.75. The zero-order valence-corrected chi connectivity index (χ0v) is 18.0. The van der Waals surface area contributed by atoms with E-state index in [-0.39, 0.29) is 17.7 Å². The lowest BCUT2D eigenvalue weighted by atomic mass is 9.99. The minimum Gasteiger partial charge on any atom is -0.379 e. The monoisotopic (exact) mass is 424 g/mol. The van der Waals surface area contributed by atoms with E-state index in [1.165, 1.54) is 0 Å². The van der Waals surface area contributed by atoms with Gasteiger partial charge in [-0.25, -0.2) is 4.68 Å². The molecule has 2 saturated heterocycles. The molecule has 5 rings (SSSR count). The normalized spacial score (nSPS) is 21.0. The molecule has 31 heavy (non-hydrogen) atoms. The predicted molar refractivity (Wildman–Crippen MR) is 115 cm³/mol. The van der Waals surface area contributed by atoms with Gasteiger partial charge in [0.2, 0.25) is 0 Å². The van der Waals surface area contributed by atoms with E-state index in [1.807, 2.05) is 23.7 Å². The third-order valence-corrected chi connectivity index (χ3v) is 6.25. The Morgan fingerprint density at radius 3 is 2.81 bits per heavy atom. The van der Waals surface area contributed by atoms with Crippen LogP contribution in [-0.4, -0.2) is 69.1 Å². The summed E-state index contributed by atoms with van der Waals surface area (Å²) in [7, 11) is 0. The summed E-state index contributed by atoms with van der Waals surface area (Å²) in [6, 6.07) is 5.80. The summed E-state index contributed by atoms with van der Waals surface area (Å²) in [4.78, 5) is 18.6. The highest BCUT2D eigenvalue weighted by molar-refractivity contribution is 5.83. The molecule has 1 aromatic carbocycles. The van der Waals surface area contributed by atoms with E-state index < -0.39 is 0 Å². The van der Waals surface area contributed by atoms with Gasteiger partial charge in [-0.2, -0.15) is 0 Å². The second kappa shape index (κ2) is 8.49. The van der Waals surface area contributed by atoms with Gasteiger partial charge < -0.3 is 14.5 Å². The summed E-state index contributed by atoms with van der Waals surface area (Å²) in [6.07, 6.45) is 2.15. The average molecular weight is 425 g/mol. The van der Waals surface area contributed by atoms with Crippen molar-refractivity contribution in [2.45, 2.75) is 45.4 Å². The fourth-order valence-corrected chi connectivity index (χ4v) is 4.75. The number of nitrogens with one attached hydrogen (secondary N) is 1. The van der Waals surface area contributed by atoms with Gasteiger partial charge in [-0.15, -0.1) is 5.10 Å². The van der Waals surface area contributed by atoms with Crippen LogP contribution in [-0.2, 0) is 16.0 Å². The largest absolute Gasteiger partial charge is 0.379 e. The Morgan fingerprint density at radius 2 is 2.03 bits per heavy atom. The minimum absolute atomic E-state index is 0.104. The average Bonchev–Trinajstić information content (AvgIpc) is 3.43. The molecule has 2 aliphatic heterocycles. The number of nitrogens with zero attached hydrogens (tertiary/aromatic N) is 5. The van der Waals surface area contributed by atoms with Gasteiger partial charge in [-0.05, 0) is 60.4 Å². The molecule has 0 aliphatic carbocycles. The molecule has 3 aromatic rings. The lowest BCUT2D eigenvalue weighted by Gasteiger charge is -2.33. The summed E-state index contributed by atoms with van der Waals surface area (Å²) in [5, 5.41) is 13.6. The highest BCUT2D eigenvalue weighted by Crippen LogP contribution is 2.29. The first-order valence-electron chi connectivity index (χ1n) is 10.9. The number of rotatable bonds is 5. The third kappa shape index (κ3) is 4.00. The first-order chi connectivity index (χ1) is 15.1. The summed E-state index contributed by atoms with van der Waals surface area (Å²) < 4.78 is 13.2. The molecule has 0 saturated carbocycles. The zero-order chi connectivity index (χ0) is 21.4. The number of ether oxygens (including phenoxy) is 2. The van der Waals surface area contributed by atoms with Gasteiger partial charge in [-0.3, -0.25) is 9.69 Å². The van der Waals surface area contributed by atoms with Crippen LogP contribution in [0.5, 0.6) is 0 Å². The van der Waals surface area contributed by atoms with Crippen LogP contribution in [0.25, 0.3) is 10.9 Å². The maximum Gasteiger partial charge on any atom is 0.253 e. The van der Waals surface area contributed by atoms with E-state index in [2.05, 4.69) is 38.4 Å². The lowest BCUT2D eigenvalue weighted by molar-refractivity contribution is 0.0205. The highest BCUT2D eigenvalue weighted by atomic mass is 16.5. The first kappa shape index (κ1) is 20.3. The Labute approximate surface area is 180 Å². The van der Waals surface area contributed by atoms with E-state index in [0.29, 0.717) is 44.2 Å². The number of H-pyrrole nitrogens is 1. The van der Waals surface area contributed by atoms with Gasteiger partial charge >= 0.3 is 0 Å². The van der Waals surface area contributed by atoms with Crippen LogP contribution >= 0.6 is 0 Å². The van der Waals surface area contributed by atoms with Crippen LogP contribution in [0.3, 0.4) is 0 Å². The number of aromatic nitrogens is 5. The number of benzene rings is 1. The second-order valence-electron chi connectivity index (χ2n) is 8.50. The van der Waals surface area contributed by atoms with Crippen LogP contribution in [0.15, 0.2) is 23.0 Å². The predicted octanol–water partition coefficient (Wildman–Crippen LogP) is 1.73. The van der Waals surface area contributed by atoms with E-state index >= 15 is 0 Å². The topological polar surface area (TPSA) is 98.2 Å². The molecule has 164 valence electrons. The maximum atomic E-state index is 13.3. The van der Waals surface area contributed by atoms with Gasteiger partial charge in [0.15, 0.2) is 5.82 Å². The van der Waals surface area contributed by atoms with Crippen LogP contribution in [0.1, 0.15) is 41.4 Å². The lowest BCUT2D eigenvalue weighted by Crippen LogP contribution is -2.42. The smallest absolute Gasteiger partial charge is 0.253 e. The van der Waals surface area contributed by atoms with Crippen LogP contribution in [0.4, 0.5) is 0 Å². The molecule has 2 atom stereocenters. The maximum absolute atomic E-state index is 13.3. The van der Waals surface area contributed by atoms with Crippen molar-refractivity contribution in [3.8, 4) is 0 Å². The number of hydrogen-bond acceptors (Lipinski definition) is 7. The quantitative estimate of drug-likeness (QED) is 0.666. The number of aryl methyl sites for hydroxylation is 2. The summed E-state index contributed by atoms with van der Waals surface area (Å²) in [6.45, 7) is 8.13. The van der Waals surface area contributed by atoms with E-state index in [9.17, 15) is 4.79 Å². The number of morpholine rings is 1. The van der Waals surface area contributed by atoms with Crippen molar-refractivity contribution in [2.75, 3.05) is 32.9 Å². The fraction of sp³-hybridized carbons (Fsp3) is 0.545. The summed E-state index contributed by atoms with van der Waals surface area (Å²) in [5.41, 5.74) is 3.65. The van der Waals surface area contributed by atoms with Crippen molar-refractivity contribution in [2.24, 2.45) is 0 Å². The Kier molecular flexibility index (Phi) is 5.56. The van der Waals surface area contributed by atoms with Crippen molar-refractivity contribution in [1.82, 2.24) is 30.1 Å². The summed E-state index contributed by atoms with van der Waals surface area (Å²) in [5.74, 6) is 0.673. The number of pyridine rings is 1. The molecular formula is C22H28N6O3. The number of hydrogen-bond donors (Lipinski definition) is 1. The molecule has 0 bridgehead atoms. The summed E-state index contributed by atoms with van der Waals surface area (Å²) >= 11 is 0. The Balaban J connectivity index is 1.62. The van der Waals surface area contributed by atoms with Gasteiger partial charge in [0.25, 0.3) is 5.56 Å². The Hall–Kier alpha value is -2.62. The first-order valence-corrected chi connectivity index (χ1v) is 10.9. The Bertz CT molecular complexity index is 1130. The molecule has 1 N–H and O–H groups in total. The van der Waals surface area contributed by atoms with Crippen LogP contribution in [0.2, 0.25) is 0 Å². The van der Waals surface area contributed by atoms with Gasteiger partial charge in [0.05, 0.1) is 25.9 Å². The van der Waals surface area contributed by atoms with Crippen molar-refractivity contribution in [1.29, 1.82) is 0 Å². The molecular weight excluding hydrogens is 396 g/mol. The molecule has 2 aromatic heterocycles. The molecule has 9 nitrogen and oxygen atoms in total. The number of tetrazole rings is 1. The highest BCUT2D eigenvalue weighted by Gasteiger charge is 2.32. The van der Waals surface area contributed by atoms with Crippen molar-refractivity contribution in [3.05, 3.63) is 51.1 Å². The van der Waals surface area contributed by atoms with Crippen LogP contribution < -0.4 is 5.56 Å². The standard InChI is InChI=1S/C22H28N6O3/c1-14-10-15(2)17-12-18(22(29)23-19(17)11-14)20(27-5-8-30-9-6-27)21-24-25-26-28(21)13-16-4-3-7-31-16/h10-12,16,20H,3-9,13H2,1-2H3,(H,23,29)/t16-,20-/m1/s1. The zero-order valence-electron chi connectivity index (χ0n) is 18.0. The van der Waals surface area contributed by atoms with E-state index in [0.717, 1.165) is 41.5 Å². The van der Waals surface area contributed by atoms with E-state index in [4.69, 9.17) is 9.47 Å². The number of fused-ring (bicyclic) bond motifs is 1. The molecule has 0 amide bonds. The second-order valence-corrected chi connectivity index (χ2v) is 8.50. The molecule has 0 unspecified atom stereocenters. The third-order valence-electron chi connectivity index (χ3n) is 6.25. The Morgan fingerprint density at radius 1 is 1.19 bits per heavy atom. The molecule has 9 heteroatoms. The van der Waals surface area contributed by atoms with Crippen molar-refractivity contribution < 1.29 is 9.47 Å². The minimum atomic E-state index is -0.353. The van der Waals surface area contributed by atoms with Crippen molar-refractivity contribution >= 4 is 10.9 Å². The van der Waals surface area contributed by atoms with Crippen molar-refractivity contribution in [3.63, 3.8) is 0 Å².